The highest BCUT2D eigenvalue weighted by atomic mass is 19.1. The van der Waals surface area contributed by atoms with E-state index >= 15 is 0 Å². The molecule has 2 rings (SSSR count). The first kappa shape index (κ1) is 21.7. The molecule has 0 aliphatic heterocycles. The van der Waals surface area contributed by atoms with Gasteiger partial charge >= 0.3 is 0 Å². The molecule has 5 nitrogen and oxygen atoms in total. The van der Waals surface area contributed by atoms with Gasteiger partial charge in [0.2, 0.25) is 5.91 Å². The van der Waals surface area contributed by atoms with Crippen molar-refractivity contribution in [3.05, 3.63) is 59.4 Å². The third kappa shape index (κ3) is 6.53. The topological polar surface area (TPSA) is 50.8 Å². The first-order valence-electron chi connectivity index (χ1n) is 9.59. The van der Waals surface area contributed by atoms with Gasteiger partial charge < -0.3 is 19.7 Å². The Hall–Kier alpha value is -2.60. The van der Waals surface area contributed by atoms with Crippen molar-refractivity contribution in [2.45, 2.75) is 26.8 Å². The lowest BCUT2D eigenvalue weighted by Crippen LogP contribution is -2.28. The molecule has 0 bridgehead atoms. The van der Waals surface area contributed by atoms with Crippen molar-refractivity contribution in [3.63, 3.8) is 0 Å². The van der Waals surface area contributed by atoms with E-state index in [0.717, 1.165) is 25.2 Å². The SMILES string of the molecule is CCN(CC)CCOc1ccc(CNC(=O)Cc2ccccc2F)cc1OC. The molecule has 0 atom stereocenters. The zero-order valence-corrected chi connectivity index (χ0v) is 16.8. The van der Waals surface area contributed by atoms with Crippen molar-refractivity contribution >= 4 is 5.91 Å². The van der Waals surface area contributed by atoms with Gasteiger partial charge in [-0.15, -0.1) is 0 Å². The van der Waals surface area contributed by atoms with Gasteiger partial charge in [-0.05, 0) is 42.4 Å². The maximum atomic E-state index is 13.6. The minimum Gasteiger partial charge on any atom is -0.493 e. The standard InChI is InChI=1S/C22H29FN2O3/c1-4-25(5-2)12-13-28-20-11-10-17(14-21(20)27-3)16-24-22(26)15-18-8-6-7-9-19(18)23/h6-11,14H,4-5,12-13,15-16H2,1-3H3,(H,24,26). The molecule has 0 saturated carbocycles. The van der Waals surface area contributed by atoms with E-state index in [-0.39, 0.29) is 18.1 Å². The van der Waals surface area contributed by atoms with Gasteiger partial charge in [-0.2, -0.15) is 0 Å². The summed E-state index contributed by atoms with van der Waals surface area (Å²) in [6.45, 7) is 7.99. The molecule has 0 aliphatic rings. The molecule has 0 spiro atoms. The summed E-state index contributed by atoms with van der Waals surface area (Å²) in [4.78, 5) is 14.4. The largest absolute Gasteiger partial charge is 0.493 e. The number of nitrogens with zero attached hydrogens (tertiary/aromatic N) is 1. The Kier molecular flexibility index (Phi) is 8.75. The number of hydrogen-bond acceptors (Lipinski definition) is 4. The molecule has 0 fully saturated rings. The van der Waals surface area contributed by atoms with Crippen LogP contribution in [-0.4, -0.2) is 44.2 Å². The fraction of sp³-hybridized carbons (Fsp3) is 0.409. The summed E-state index contributed by atoms with van der Waals surface area (Å²) in [7, 11) is 1.59. The third-order valence-corrected chi connectivity index (χ3v) is 4.59. The summed E-state index contributed by atoms with van der Waals surface area (Å²) in [5.41, 5.74) is 1.27. The molecule has 0 unspecified atom stereocenters. The van der Waals surface area contributed by atoms with Crippen LogP contribution < -0.4 is 14.8 Å². The molecule has 0 aliphatic carbocycles. The molecular formula is C22H29FN2O3. The minimum atomic E-state index is -0.370. The Morgan fingerprint density at radius 1 is 1.11 bits per heavy atom. The van der Waals surface area contributed by atoms with Crippen LogP contribution in [0.5, 0.6) is 11.5 Å². The molecule has 0 heterocycles. The Bertz CT molecular complexity index is 763. The van der Waals surface area contributed by atoms with Crippen LogP contribution in [0, 0.1) is 5.82 Å². The minimum absolute atomic E-state index is 0.0103. The van der Waals surface area contributed by atoms with Crippen LogP contribution in [0.4, 0.5) is 4.39 Å². The van der Waals surface area contributed by atoms with Gasteiger partial charge in [0, 0.05) is 13.1 Å². The summed E-state index contributed by atoms with van der Waals surface area (Å²) in [6, 6.07) is 11.9. The number of benzene rings is 2. The van der Waals surface area contributed by atoms with Crippen LogP contribution in [0.2, 0.25) is 0 Å². The number of carbonyl (C=O) groups excluding carboxylic acids is 1. The molecular weight excluding hydrogens is 359 g/mol. The fourth-order valence-electron chi connectivity index (χ4n) is 2.84. The maximum Gasteiger partial charge on any atom is 0.224 e. The Balaban J connectivity index is 1.88. The van der Waals surface area contributed by atoms with Crippen LogP contribution in [0.25, 0.3) is 0 Å². The average molecular weight is 388 g/mol. The number of amides is 1. The van der Waals surface area contributed by atoms with E-state index < -0.39 is 0 Å². The molecule has 0 aromatic heterocycles. The van der Waals surface area contributed by atoms with Gasteiger partial charge in [0.05, 0.1) is 13.5 Å². The van der Waals surface area contributed by atoms with E-state index in [0.29, 0.717) is 30.2 Å². The van der Waals surface area contributed by atoms with Gasteiger partial charge in [0.15, 0.2) is 11.5 Å². The van der Waals surface area contributed by atoms with E-state index in [2.05, 4.69) is 24.1 Å². The van der Waals surface area contributed by atoms with Crippen LogP contribution in [0.1, 0.15) is 25.0 Å². The summed E-state index contributed by atoms with van der Waals surface area (Å²) in [5.74, 6) is 0.700. The predicted octanol–water partition coefficient (Wildman–Crippen LogP) is 3.41. The van der Waals surface area contributed by atoms with E-state index in [1.54, 1.807) is 25.3 Å². The van der Waals surface area contributed by atoms with Crippen LogP contribution in [-0.2, 0) is 17.8 Å². The highest BCUT2D eigenvalue weighted by molar-refractivity contribution is 5.78. The number of carbonyl (C=O) groups is 1. The zero-order chi connectivity index (χ0) is 20.4. The quantitative estimate of drug-likeness (QED) is 0.641. The van der Waals surface area contributed by atoms with Gasteiger partial charge in [-0.25, -0.2) is 4.39 Å². The number of methoxy groups -OCH3 is 1. The molecule has 1 N–H and O–H groups in total. The molecule has 6 heteroatoms. The monoisotopic (exact) mass is 388 g/mol. The molecule has 2 aromatic carbocycles. The molecule has 0 radical (unpaired) electrons. The Morgan fingerprint density at radius 3 is 2.54 bits per heavy atom. The normalized spacial score (nSPS) is 10.8. The lowest BCUT2D eigenvalue weighted by atomic mass is 10.1. The Labute approximate surface area is 166 Å². The van der Waals surface area contributed by atoms with Crippen molar-refractivity contribution in [2.24, 2.45) is 0 Å². The second-order valence-electron chi connectivity index (χ2n) is 6.41. The molecule has 2 aromatic rings. The Morgan fingerprint density at radius 2 is 1.86 bits per heavy atom. The number of likely N-dealkylation sites (N-methyl/N-ethyl adjacent to an activating group) is 1. The summed E-state index contributed by atoms with van der Waals surface area (Å²) < 4.78 is 24.9. The first-order chi connectivity index (χ1) is 13.6. The number of rotatable bonds is 11. The lowest BCUT2D eigenvalue weighted by molar-refractivity contribution is -0.120. The zero-order valence-electron chi connectivity index (χ0n) is 16.8. The number of hydrogen-bond donors (Lipinski definition) is 1. The molecule has 152 valence electrons. The first-order valence-corrected chi connectivity index (χ1v) is 9.59. The lowest BCUT2D eigenvalue weighted by Gasteiger charge is -2.19. The third-order valence-electron chi connectivity index (χ3n) is 4.59. The summed E-state index contributed by atoms with van der Waals surface area (Å²) in [6.07, 6.45) is 0.0103. The smallest absolute Gasteiger partial charge is 0.224 e. The fourth-order valence-corrected chi connectivity index (χ4v) is 2.84. The van der Waals surface area contributed by atoms with Crippen molar-refractivity contribution in [1.29, 1.82) is 0 Å². The van der Waals surface area contributed by atoms with Crippen molar-refractivity contribution in [3.8, 4) is 11.5 Å². The average Bonchev–Trinajstić information content (AvgIpc) is 2.72. The summed E-state index contributed by atoms with van der Waals surface area (Å²) in [5, 5.41) is 2.81. The van der Waals surface area contributed by atoms with Gasteiger partial charge in [0.1, 0.15) is 12.4 Å². The number of halogens is 1. The second kappa shape index (κ2) is 11.3. The van der Waals surface area contributed by atoms with Crippen LogP contribution in [0.3, 0.4) is 0 Å². The summed E-state index contributed by atoms with van der Waals surface area (Å²) >= 11 is 0. The molecule has 28 heavy (non-hydrogen) atoms. The van der Waals surface area contributed by atoms with E-state index in [9.17, 15) is 9.18 Å². The van der Waals surface area contributed by atoms with Crippen molar-refractivity contribution < 1.29 is 18.7 Å². The van der Waals surface area contributed by atoms with E-state index in [4.69, 9.17) is 9.47 Å². The second-order valence-corrected chi connectivity index (χ2v) is 6.41. The maximum absolute atomic E-state index is 13.6. The number of nitrogens with one attached hydrogen (secondary N) is 1. The molecule has 1 amide bonds. The highest BCUT2D eigenvalue weighted by Crippen LogP contribution is 2.28. The van der Waals surface area contributed by atoms with E-state index in [1.807, 2.05) is 18.2 Å². The van der Waals surface area contributed by atoms with Gasteiger partial charge in [0.25, 0.3) is 0 Å². The van der Waals surface area contributed by atoms with Gasteiger partial charge in [-0.3, -0.25) is 4.79 Å². The van der Waals surface area contributed by atoms with Crippen molar-refractivity contribution in [1.82, 2.24) is 10.2 Å². The number of ether oxygens (including phenoxy) is 2. The van der Waals surface area contributed by atoms with Gasteiger partial charge in [-0.1, -0.05) is 38.1 Å². The van der Waals surface area contributed by atoms with Crippen LogP contribution in [0.15, 0.2) is 42.5 Å². The highest BCUT2D eigenvalue weighted by Gasteiger charge is 2.10. The van der Waals surface area contributed by atoms with Crippen molar-refractivity contribution in [2.75, 3.05) is 33.4 Å². The predicted molar refractivity (Wildman–Crippen MR) is 108 cm³/mol. The van der Waals surface area contributed by atoms with Crippen LogP contribution >= 0.6 is 0 Å². The molecule has 0 saturated heterocycles. The van der Waals surface area contributed by atoms with E-state index in [1.165, 1.54) is 6.07 Å².